The van der Waals surface area contributed by atoms with Crippen LogP contribution in [0.25, 0.3) is 0 Å². The molecule has 1 fully saturated rings. The maximum absolute atomic E-state index is 12.8. The third kappa shape index (κ3) is 3.25. The number of esters is 1. The van der Waals surface area contributed by atoms with Crippen LogP contribution in [-0.4, -0.2) is 35.5 Å². The zero-order valence-electron chi connectivity index (χ0n) is 15.3. The van der Waals surface area contributed by atoms with E-state index in [0.717, 1.165) is 4.90 Å². The molecule has 1 heterocycles. The first-order valence-electron chi connectivity index (χ1n) is 8.61. The summed E-state index contributed by atoms with van der Waals surface area (Å²) >= 11 is 6.10. The predicted molar refractivity (Wildman–Crippen MR) is 106 cm³/mol. The first-order valence-corrected chi connectivity index (χ1v) is 8.99. The number of hydrogen-bond donors (Lipinski definition) is 1. The normalized spacial score (nSPS) is 20.5. The largest absolute Gasteiger partial charge is 0.464 e. The number of carbonyl (C=O) groups excluding carboxylic acids is 3. The van der Waals surface area contributed by atoms with Crippen molar-refractivity contribution in [2.45, 2.75) is 19.4 Å². The van der Waals surface area contributed by atoms with E-state index < -0.39 is 23.2 Å². The Morgan fingerprint density at radius 1 is 1.14 bits per heavy atom. The number of hydrogen-bond acceptors (Lipinski definition) is 6. The lowest BCUT2D eigenvalue weighted by Crippen LogP contribution is -2.55. The molecule has 1 N–H and O–H groups in total. The van der Waals surface area contributed by atoms with Gasteiger partial charge in [-0.05, 0) is 38.1 Å². The van der Waals surface area contributed by atoms with Crippen molar-refractivity contribution >= 4 is 46.3 Å². The van der Waals surface area contributed by atoms with E-state index in [1.54, 1.807) is 61.5 Å². The van der Waals surface area contributed by atoms with Crippen molar-refractivity contribution in [1.82, 2.24) is 0 Å². The van der Waals surface area contributed by atoms with Crippen molar-refractivity contribution in [1.29, 1.82) is 0 Å². The molecule has 0 spiro atoms. The number of ketones is 1. The highest BCUT2D eigenvalue weighted by Gasteiger charge is 2.60. The Labute approximate surface area is 166 Å². The van der Waals surface area contributed by atoms with Gasteiger partial charge in [0, 0.05) is 5.69 Å². The fraction of sp³-hybridized carbons (Fsp3) is 0.200. The standard InChI is InChI=1S/C20H18ClN3O4/c1-3-28-19(27)20(2)17(23-22-15-12-8-7-11-14(15)21)16(25)18(26)24(20)13-9-5-4-6-10-13/h4-12,22H,3H2,1-2H3/b23-17+/t20-/m1/s1. The minimum Gasteiger partial charge on any atom is -0.464 e. The fourth-order valence-electron chi connectivity index (χ4n) is 2.97. The van der Waals surface area contributed by atoms with E-state index in [1.807, 2.05) is 0 Å². The van der Waals surface area contributed by atoms with E-state index in [1.165, 1.54) is 6.92 Å². The van der Waals surface area contributed by atoms with Crippen molar-refractivity contribution in [2.24, 2.45) is 5.10 Å². The highest BCUT2D eigenvalue weighted by molar-refractivity contribution is 6.75. The summed E-state index contributed by atoms with van der Waals surface area (Å²) in [4.78, 5) is 39.4. The van der Waals surface area contributed by atoms with Crippen molar-refractivity contribution < 1.29 is 19.1 Å². The van der Waals surface area contributed by atoms with Gasteiger partial charge in [0.25, 0.3) is 5.78 Å². The van der Waals surface area contributed by atoms with E-state index in [-0.39, 0.29) is 12.3 Å². The Morgan fingerprint density at radius 2 is 1.79 bits per heavy atom. The molecule has 3 rings (SSSR count). The van der Waals surface area contributed by atoms with E-state index in [2.05, 4.69) is 10.5 Å². The number of para-hydroxylation sites is 2. The maximum Gasteiger partial charge on any atom is 0.338 e. The van der Waals surface area contributed by atoms with Crippen LogP contribution in [0.2, 0.25) is 5.02 Å². The number of anilines is 2. The predicted octanol–water partition coefficient (Wildman–Crippen LogP) is 3.05. The zero-order chi connectivity index (χ0) is 20.3. The van der Waals surface area contributed by atoms with Crippen LogP contribution in [-0.2, 0) is 19.1 Å². The van der Waals surface area contributed by atoms with Crippen molar-refractivity contribution in [3.05, 3.63) is 59.6 Å². The lowest BCUT2D eigenvalue weighted by Gasteiger charge is -2.31. The second-order valence-electron chi connectivity index (χ2n) is 6.15. The van der Waals surface area contributed by atoms with Gasteiger partial charge in [-0.25, -0.2) is 4.79 Å². The number of amides is 1. The van der Waals surface area contributed by atoms with Gasteiger partial charge in [-0.15, -0.1) is 0 Å². The first kappa shape index (κ1) is 19.6. The molecule has 0 unspecified atom stereocenters. The number of halogens is 1. The van der Waals surface area contributed by atoms with Crippen LogP contribution in [0, 0.1) is 0 Å². The van der Waals surface area contributed by atoms with Gasteiger partial charge < -0.3 is 4.74 Å². The van der Waals surface area contributed by atoms with Gasteiger partial charge >= 0.3 is 11.9 Å². The number of nitrogens with one attached hydrogen (secondary N) is 1. The number of rotatable bonds is 5. The van der Waals surface area contributed by atoms with Crippen LogP contribution in [0.5, 0.6) is 0 Å². The Kier molecular flexibility index (Phi) is 5.46. The monoisotopic (exact) mass is 399 g/mol. The lowest BCUT2D eigenvalue weighted by molar-refractivity contribution is -0.147. The van der Waals surface area contributed by atoms with Gasteiger partial charge in [-0.3, -0.25) is 19.9 Å². The average molecular weight is 400 g/mol. The average Bonchev–Trinajstić information content (AvgIpc) is 2.89. The van der Waals surface area contributed by atoms with Gasteiger partial charge in [-0.1, -0.05) is 41.9 Å². The fourth-order valence-corrected chi connectivity index (χ4v) is 3.15. The van der Waals surface area contributed by atoms with Gasteiger partial charge in [0.2, 0.25) is 0 Å². The molecule has 1 amide bonds. The molecule has 0 radical (unpaired) electrons. The van der Waals surface area contributed by atoms with Gasteiger partial charge in [0.05, 0.1) is 17.3 Å². The molecule has 7 nitrogen and oxygen atoms in total. The van der Waals surface area contributed by atoms with Crippen LogP contribution < -0.4 is 10.3 Å². The van der Waals surface area contributed by atoms with Crippen LogP contribution in [0.1, 0.15) is 13.8 Å². The molecule has 1 aliphatic heterocycles. The molecule has 1 saturated heterocycles. The number of benzene rings is 2. The van der Waals surface area contributed by atoms with Crippen LogP contribution >= 0.6 is 11.6 Å². The van der Waals surface area contributed by atoms with E-state index in [0.29, 0.717) is 16.4 Å². The molecular formula is C20H18ClN3O4. The zero-order valence-corrected chi connectivity index (χ0v) is 16.1. The Bertz CT molecular complexity index is 961. The van der Waals surface area contributed by atoms with Gasteiger partial charge in [-0.2, -0.15) is 5.10 Å². The van der Waals surface area contributed by atoms with Crippen molar-refractivity contribution in [3.8, 4) is 0 Å². The number of hydrazone groups is 1. The van der Waals surface area contributed by atoms with E-state index in [4.69, 9.17) is 16.3 Å². The second kappa shape index (κ2) is 7.82. The van der Waals surface area contributed by atoms with Crippen molar-refractivity contribution in [3.63, 3.8) is 0 Å². The Balaban J connectivity index is 2.10. The number of carbonyl (C=O) groups is 3. The molecule has 144 valence electrons. The molecule has 2 aromatic rings. The Morgan fingerprint density at radius 3 is 2.43 bits per heavy atom. The minimum absolute atomic E-state index is 0.0880. The second-order valence-corrected chi connectivity index (χ2v) is 6.56. The summed E-state index contributed by atoms with van der Waals surface area (Å²) in [5.41, 5.74) is 1.51. The lowest BCUT2D eigenvalue weighted by atomic mass is 9.95. The summed E-state index contributed by atoms with van der Waals surface area (Å²) in [6.45, 7) is 3.17. The van der Waals surface area contributed by atoms with Gasteiger partial charge in [0.15, 0.2) is 11.3 Å². The molecule has 28 heavy (non-hydrogen) atoms. The topological polar surface area (TPSA) is 88.1 Å². The minimum atomic E-state index is -1.72. The summed E-state index contributed by atoms with van der Waals surface area (Å²) in [6.07, 6.45) is 0. The van der Waals surface area contributed by atoms with Gasteiger partial charge in [0.1, 0.15) is 0 Å². The highest BCUT2D eigenvalue weighted by atomic mass is 35.5. The summed E-state index contributed by atoms with van der Waals surface area (Å²) in [7, 11) is 0. The summed E-state index contributed by atoms with van der Waals surface area (Å²) in [6, 6.07) is 15.2. The highest BCUT2D eigenvalue weighted by Crippen LogP contribution is 2.33. The third-order valence-electron chi connectivity index (χ3n) is 4.37. The molecule has 0 bridgehead atoms. The van der Waals surface area contributed by atoms with E-state index >= 15 is 0 Å². The Hall–Kier alpha value is -3.19. The number of Topliss-reactive ketones (excluding diaryl/α,β-unsaturated/α-hetero) is 1. The molecular weight excluding hydrogens is 382 g/mol. The van der Waals surface area contributed by atoms with Crippen LogP contribution in [0.3, 0.4) is 0 Å². The molecule has 8 heteroatoms. The molecule has 0 aliphatic carbocycles. The third-order valence-corrected chi connectivity index (χ3v) is 4.70. The maximum atomic E-state index is 12.8. The summed E-state index contributed by atoms with van der Waals surface area (Å²) in [5.74, 6) is -2.50. The number of nitrogens with zero attached hydrogens (tertiary/aromatic N) is 2. The SMILES string of the molecule is CCOC(=O)[C@@]1(C)/C(=N/Nc2ccccc2Cl)C(=O)C(=O)N1c1ccccc1. The van der Waals surface area contributed by atoms with Crippen LogP contribution in [0.15, 0.2) is 59.7 Å². The van der Waals surface area contributed by atoms with Crippen molar-refractivity contribution in [2.75, 3.05) is 16.9 Å². The molecule has 2 aromatic carbocycles. The number of ether oxygens (including phenoxy) is 1. The molecule has 0 saturated carbocycles. The quantitative estimate of drug-likeness (QED) is 0.474. The smallest absolute Gasteiger partial charge is 0.338 e. The van der Waals surface area contributed by atoms with E-state index in [9.17, 15) is 14.4 Å². The summed E-state index contributed by atoms with van der Waals surface area (Å²) < 4.78 is 5.16. The molecule has 1 atom stereocenters. The summed E-state index contributed by atoms with van der Waals surface area (Å²) in [5, 5.41) is 4.46. The van der Waals surface area contributed by atoms with Crippen LogP contribution in [0.4, 0.5) is 11.4 Å². The first-order chi connectivity index (χ1) is 13.4. The molecule has 0 aromatic heterocycles. The molecule has 1 aliphatic rings.